The first kappa shape index (κ1) is 11.9. The molecule has 1 aliphatic heterocycles. The van der Waals surface area contributed by atoms with E-state index in [-0.39, 0.29) is 0 Å². The summed E-state index contributed by atoms with van der Waals surface area (Å²) in [5.74, 6) is 0. The molecule has 0 aromatic carbocycles. The van der Waals surface area contributed by atoms with Crippen molar-refractivity contribution in [2.75, 3.05) is 47.3 Å². The molecule has 0 aliphatic carbocycles. The van der Waals surface area contributed by atoms with E-state index in [9.17, 15) is 8.42 Å². The van der Waals surface area contributed by atoms with Crippen molar-refractivity contribution in [2.24, 2.45) is 0 Å². The topological polar surface area (TPSA) is 55.9 Å². The van der Waals surface area contributed by atoms with Crippen LogP contribution in [0.25, 0.3) is 0 Å². The third kappa shape index (κ3) is 3.18. The molecule has 0 unspecified atom stereocenters. The first-order valence-corrected chi connectivity index (χ1v) is 5.99. The van der Waals surface area contributed by atoms with Crippen molar-refractivity contribution in [3.63, 3.8) is 0 Å². The molecular formula is C7H18N4O2S. The molecule has 1 heterocycles. The van der Waals surface area contributed by atoms with E-state index in [1.165, 1.54) is 18.4 Å². The SMILES string of the molecule is CN1CCN(NS(=O)(=O)N(C)C)CC1. The monoisotopic (exact) mass is 222 g/mol. The van der Waals surface area contributed by atoms with Gasteiger partial charge in [-0.15, -0.1) is 4.83 Å². The molecule has 0 atom stereocenters. The highest BCUT2D eigenvalue weighted by Gasteiger charge is 2.20. The second kappa shape index (κ2) is 4.54. The molecule has 7 heteroatoms. The summed E-state index contributed by atoms with van der Waals surface area (Å²) in [5, 5.41) is 1.73. The molecule has 1 fully saturated rings. The minimum Gasteiger partial charge on any atom is -0.304 e. The quantitative estimate of drug-likeness (QED) is 0.634. The van der Waals surface area contributed by atoms with Crippen molar-refractivity contribution in [1.82, 2.24) is 19.0 Å². The average molecular weight is 222 g/mol. The van der Waals surface area contributed by atoms with E-state index >= 15 is 0 Å². The molecule has 1 rings (SSSR count). The van der Waals surface area contributed by atoms with Crippen LogP contribution in [0.3, 0.4) is 0 Å². The summed E-state index contributed by atoms with van der Waals surface area (Å²) >= 11 is 0. The Kier molecular flexibility index (Phi) is 3.85. The summed E-state index contributed by atoms with van der Waals surface area (Å²) in [4.78, 5) is 4.69. The highest BCUT2D eigenvalue weighted by Crippen LogP contribution is 1.98. The number of likely N-dealkylation sites (N-methyl/N-ethyl adjacent to an activating group) is 1. The van der Waals surface area contributed by atoms with Gasteiger partial charge in [-0.3, -0.25) is 0 Å². The number of hydrogen-bond donors (Lipinski definition) is 1. The fourth-order valence-corrected chi connectivity index (χ4v) is 1.81. The molecular weight excluding hydrogens is 204 g/mol. The van der Waals surface area contributed by atoms with Crippen LogP contribution in [-0.4, -0.2) is 70.0 Å². The molecule has 0 amide bonds. The van der Waals surface area contributed by atoms with Gasteiger partial charge in [-0.25, -0.2) is 5.01 Å². The minimum atomic E-state index is -3.32. The standard InChI is InChI=1S/C7H18N4O2S/c1-9(2)14(12,13)8-11-6-4-10(3)5-7-11/h8H,4-7H2,1-3H3. The largest absolute Gasteiger partial charge is 0.304 e. The maximum Gasteiger partial charge on any atom is 0.291 e. The summed E-state index contributed by atoms with van der Waals surface area (Å²) in [6.45, 7) is 3.22. The molecule has 0 bridgehead atoms. The average Bonchev–Trinajstić information content (AvgIpc) is 2.08. The van der Waals surface area contributed by atoms with Crippen LogP contribution in [-0.2, 0) is 10.2 Å². The molecule has 1 aliphatic rings. The fourth-order valence-electron chi connectivity index (χ4n) is 1.14. The third-order valence-electron chi connectivity index (χ3n) is 2.23. The van der Waals surface area contributed by atoms with Gasteiger partial charge in [0.1, 0.15) is 0 Å². The van der Waals surface area contributed by atoms with Crippen LogP contribution >= 0.6 is 0 Å². The van der Waals surface area contributed by atoms with Crippen LogP contribution in [0.15, 0.2) is 0 Å². The molecule has 0 aromatic rings. The Morgan fingerprint density at radius 3 is 2.07 bits per heavy atom. The van der Waals surface area contributed by atoms with Gasteiger partial charge in [-0.1, -0.05) is 0 Å². The molecule has 0 aromatic heterocycles. The Labute approximate surface area is 85.6 Å². The third-order valence-corrected chi connectivity index (χ3v) is 3.68. The van der Waals surface area contributed by atoms with Gasteiger partial charge in [0.15, 0.2) is 0 Å². The molecule has 0 saturated carbocycles. The Morgan fingerprint density at radius 2 is 1.64 bits per heavy atom. The summed E-state index contributed by atoms with van der Waals surface area (Å²) in [6.07, 6.45) is 0. The molecule has 0 radical (unpaired) electrons. The lowest BCUT2D eigenvalue weighted by Gasteiger charge is -2.32. The zero-order valence-corrected chi connectivity index (χ0v) is 9.71. The van der Waals surface area contributed by atoms with Crippen LogP contribution in [0.2, 0.25) is 0 Å². The lowest BCUT2D eigenvalue weighted by Crippen LogP contribution is -2.54. The zero-order valence-electron chi connectivity index (χ0n) is 8.89. The molecule has 1 saturated heterocycles. The van der Waals surface area contributed by atoms with Crippen LogP contribution in [0.4, 0.5) is 0 Å². The molecule has 0 spiro atoms. The van der Waals surface area contributed by atoms with Gasteiger partial charge in [-0.2, -0.15) is 12.7 Å². The van der Waals surface area contributed by atoms with Crippen LogP contribution in [0, 0.1) is 0 Å². The summed E-state index contributed by atoms with van der Waals surface area (Å²) < 4.78 is 24.1. The lowest BCUT2D eigenvalue weighted by molar-refractivity contribution is 0.132. The summed E-state index contributed by atoms with van der Waals surface area (Å²) in [5.41, 5.74) is 0. The second-order valence-electron chi connectivity index (χ2n) is 3.67. The van der Waals surface area contributed by atoms with Gasteiger partial charge >= 0.3 is 0 Å². The van der Waals surface area contributed by atoms with E-state index in [0.717, 1.165) is 26.2 Å². The predicted octanol–water partition coefficient (Wildman–Crippen LogP) is -1.46. The van der Waals surface area contributed by atoms with E-state index in [2.05, 4.69) is 9.73 Å². The Bertz CT molecular complexity index is 269. The lowest BCUT2D eigenvalue weighted by atomic mass is 10.4. The number of hydrazine groups is 1. The van der Waals surface area contributed by atoms with Gasteiger partial charge in [-0.05, 0) is 7.05 Å². The van der Waals surface area contributed by atoms with Crippen molar-refractivity contribution < 1.29 is 8.42 Å². The van der Waals surface area contributed by atoms with E-state index in [1.807, 2.05) is 7.05 Å². The van der Waals surface area contributed by atoms with Crippen molar-refractivity contribution >= 4 is 10.2 Å². The maximum atomic E-state index is 11.4. The first-order valence-electron chi connectivity index (χ1n) is 4.55. The summed E-state index contributed by atoms with van der Waals surface area (Å²) in [7, 11) is 1.73. The zero-order chi connectivity index (χ0) is 10.8. The number of nitrogens with zero attached hydrogens (tertiary/aromatic N) is 3. The van der Waals surface area contributed by atoms with Gasteiger partial charge in [0.05, 0.1) is 0 Å². The molecule has 6 nitrogen and oxygen atoms in total. The Hall–Kier alpha value is -0.210. The second-order valence-corrected chi connectivity index (χ2v) is 5.53. The summed E-state index contributed by atoms with van der Waals surface area (Å²) in [6, 6.07) is 0. The van der Waals surface area contributed by atoms with Crippen LogP contribution < -0.4 is 4.83 Å². The van der Waals surface area contributed by atoms with Crippen molar-refractivity contribution in [3.8, 4) is 0 Å². The van der Waals surface area contributed by atoms with E-state index in [4.69, 9.17) is 0 Å². The fraction of sp³-hybridized carbons (Fsp3) is 1.00. The number of nitrogens with one attached hydrogen (secondary N) is 1. The van der Waals surface area contributed by atoms with Crippen molar-refractivity contribution in [1.29, 1.82) is 0 Å². The van der Waals surface area contributed by atoms with Gasteiger partial charge in [0.2, 0.25) is 0 Å². The Balaban J connectivity index is 2.46. The van der Waals surface area contributed by atoms with Crippen molar-refractivity contribution in [2.45, 2.75) is 0 Å². The Morgan fingerprint density at radius 1 is 1.14 bits per heavy atom. The van der Waals surface area contributed by atoms with Crippen LogP contribution in [0.1, 0.15) is 0 Å². The first-order chi connectivity index (χ1) is 6.42. The van der Waals surface area contributed by atoms with Crippen LogP contribution in [0.5, 0.6) is 0 Å². The van der Waals surface area contributed by atoms with E-state index < -0.39 is 10.2 Å². The van der Waals surface area contributed by atoms with E-state index in [1.54, 1.807) is 5.01 Å². The minimum absolute atomic E-state index is 0.726. The van der Waals surface area contributed by atoms with Crippen molar-refractivity contribution in [3.05, 3.63) is 0 Å². The van der Waals surface area contributed by atoms with Gasteiger partial charge < -0.3 is 4.90 Å². The molecule has 14 heavy (non-hydrogen) atoms. The predicted molar refractivity (Wildman–Crippen MR) is 54.8 cm³/mol. The van der Waals surface area contributed by atoms with E-state index in [0.29, 0.717) is 0 Å². The normalized spacial score (nSPS) is 21.7. The number of rotatable bonds is 3. The highest BCUT2D eigenvalue weighted by molar-refractivity contribution is 7.87. The molecule has 84 valence electrons. The van der Waals surface area contributed by atoms with Gasteiger partial charge in [0.25, 0.3) is 10.2 Å². The smallest absolute Gasteiger partial charge is 0.291 e. The number of hydrogen-bond acceptors (Lipinski definition) is 4. The number of piperazine rings is 1. The molecule has 1 N–H and O–H groups in total. The maximum absolute atomic E-state index is 11.4. The van der Waals surface area contributed by atoms with Gasteiger partial charge in [0, 0.05) is 40.3 Å². The highest BCUT2D eigenvalue weighted by atomic mass is 32.2.